The summed E-state index contributed by atoms with van der Waals surface area (Å²) >= 11 is 0. The van der Waals surface area contributed by atoms with Crippen LogP contribution in [0.25, 0.3) is 0 Å². The van der Waals surface area contributed by atoms with Crippen LogP contribution in [0.3, 0.4) is 0 Å². The van der Waals surface area contributed by atoms with Crippen molar-refractivity contribution in [1.29, 1.82) is 0 Å². The van der Waals surface area contributed by atoms with Crippen LogP contribution in [0.2, 0.25) is 0 Å². The molecule has 3 atom stereocenters. The van der Waals surface area contributed by atoms with E-state index in [9.17, 15) is 4.79 Å². The minimum absolute atomic E-state index is 0.0587. The van der Waals surface area contributed by atoms with Crippen molar-refractivity contribution >= 4 is 5.97 Å². The van der Waals surface area contributed by atoms with Crippen LogP contribution in [0.1, 0.15) is 37.8 Å². The van der Waals surface area contributed by atoms with Crippen LogP contribution < -0.4 is 0 Å². The lowest BCUT2D eigenvalue weighted by molar-refractivity contribution is -0.155. The zero-order chi connectivity index (χ0) is 13.9. The second-order valence-corrected chi connectivity index (χ2v) is 5.36. The van der Waals surface area contributed by atoms with E-state index in [1.165, 1.54) is 5.56 Å². The minimum atomic E-state index is -0.165. The lowest BCUT2D eigenvalue weighted by Crippen LogP contribution is -2.49. The molecule has 2 aliphatic rings. The fourth-order valence-corrected chi connectivity index (χ4v) is 3.28. The van der Waals surface area contributed by atoms with Crippen molar-refractivity contribution in [1.82, 2.24) is 4.90 Å². The summed E-state index contributed by atoms with van der Waals surface area (Å²) in [7, 11) is 0. The third kappa shape index (κ3) is 2.45. The number of fused-ring (bicyclic) bond motifs is 1. The molecule has 0 aliphatic carbocycles. The van der Waals surface area contributed by atoms with Crippen LogP contribution in [0.4, 0.5) is 0 Å². The molecule has 3 rings (SSSR count). The van der Waals surface area contributed by atoms with Gasteiger partial charge < -0.3 is 9.47 Å². The van der Waals surface area contributed by atoms with Gasteiger partial charge in [0.15, 0.2) is 0 Å². The first-order chi connectivity index (χ1) is 9.81. The molecule has 0 radical (unpaired) electrons. The third-order valence-electron chi connectivity index (χ3n) is 4.17. The van der Waals surface area contributed by atoms with Gasteiger partial charge in [0.25, 0.3) is 0 Å². The Morgan fingerprint density at radius 1 is 1.35 bits per heavy atom. The van der Waals surface area contributed by atoms with E-state index in [-0.39, 0.29) is 24.3 Å². The maximum absolute atomic E-state index is 12.2. The van der Waals surface area contributed by atoms with Crippen LogP contribution in [0.15, 0.2) is 30.3 Å². The number of carbonyl (C=O) groups excluding carboxylic acids is 1. The molecule has 0 spiro atoms. The zero-order valence-electron chi connectivity index (χ0n) is 11.8. The van der Waals surface area contributed by atoms with E-state index in [2.05, 4.69) is 17.0 Å². The van der Waals surface area contributed by atoms with Crippen molar-refractivity contribution in [3.05, 3.63) is 35.9 Å². The summed E-state index contributed by atoms with van der Waals surface area (Å²) < 4.78 is 11.1. The largest absolute Gasteiger partial charge is 0.465 e. The van der Waals surface area contributed by atoms with E-state index >= 15 is 0 Å². The lowest BCUT2D eigenvalue weighted by atomic mass is 9.97. The molecule has 2 saturated heterocycles. The molecule has 1 aromatic rings. The maximum atomic E-state index is 12.2. The fraction of sp³-hybridized carbons (Fsp3) is 0.562. The molecule has 0 unspecified atom stereocenters. The van der Waals surface area contributed by atoms with E-state index in [4.69, 9.17) is 9.47 Å². The number of rotatable bonds is 3. The highest BCUT2D eigenvalue weighted by Crippen LogP contribution is 2.38. The van der Waals surface area contributed by atoms with Gasteiger partial charge in [-0.05, 0) is 31.7 Å². The highest BCUT2D eigenvalue weighted by atomic mass is 16.5. The second-order valence-electron chi connectivity index (χ2n) is 5.36. The minimum Gasteiger partial charge on any atom is -0.465 e. The predicted octanol–water partition coefficient (Wildman–Crippen LogP) is 2.50. The van der Waals surface area contributed by atoms with Crippen LogP contribution in [0, 0.1) is 0 Å². The summed E-state index contributed by atoms with van der Waals surface area (Å²) in [6.07, 6.45) is 2.94. The van der Waals surface area contributed by atoms with E-state index in [1.54, 1.807) is 0 Å². The number of hydrogen-bond acceptors (Lipinski definition) is 4. The topological polar surface area (TPSA) is 38.8 Å². The Hall–Kier alpha value is -1.39. The van der Waals surface area contributed by atoms with Crippen LogP contribution in [-0.2, 0) is 14.3 Å². The monoisotopic (exact) mass is 275 g/mol. The van der Waals surface area contributed by atoms with Crippen molar-refractivity contribution in [2.45, 2.75) is 44.5 Å². The van der Waals surface area contributed by atoms with E-state index in [1.807, 2.05) is 25.1 Å². The first-order valence-corrected chi connectivity index (χ1v) is 7.42. The van der Waals surface area contributed by atoms with Gasteiger partial charge in [-0.2, -0.15) is 0 Å². The highest BCUT2D eigenvalue weighted by Gasteiger charge is 2.45. The third-order valence-corrected chi connectivity index (χ3v) is 4.17. The number of carbonyl (C=O) groups is 1. The summed E-state index contributed by atoms with van der Waals surface area (Å²) in [4.78, 5) is 14.4. The van der Waals surface area contributed by atoms with Gasteiger partial charge in [-0.1, -0.05) is 30.3 Å². The zero-order valence-corrected chi connectivity index (χ0v) is 11.8. The summed E-state index contributed by atoms with van der Waals surface area (Å²) in [6.45, 7) is 2.95. The van der Waals surface area contributed by atoms with Gasteiger partial charge in [-0.3, -0.25) is 9.69 Å². The van der Waals surface area contributed by atoms with Crippen LogP contribution in [0.5, 0.6) is 0 Å². The average Bonchev–Trinajstić information content (AvgIpc) is 2.92. The highest BCUT2D eigenvalue weighted by molar-refractivity contribution is 5.76. The Balaban J connectivity index is 1.84. The van der Waals surface area contributed by atoms with Crippen molar-refractivity contribution in [2.75, 3.05) is 13.2 Å². The van der Waals surface area contributed by atoms with Gasteiger partial charge >= 0.3 is 5.97 Å². The first kappa shape index (κ1) is 13.6. The molecule has 4 nitrogen and oxygen atoms in total. The average molecular weight is 275 g/mol. The maximum Gasteiger partial charge on any atom is 0.323 e. The van der Waals surface area contributed by atoms with E-state index < -0.39 is 0 Å². The molecule has 0 saturated carbocycles. The van der Waals surface area contributed by atoms with Crippen molar-refractivity contribution in [3.63, 3.8) is 0 Å². The number of esters is 1. The van der Waals surface area contributed by atoms with Gasteiger partial charge in [-0.15, -0.1) is 0 Å². The molecular formula is C16H21NO3. The van der Waals surface area contributed by atoms with Gasteiger partial charge in [0.05, 0.1) is 19.3 Å². The predicted molar refractivity (Wildman–Crippen MR) is 75.0 cm³/mol. The molecule has 4 heteroatoms. The lowest BCUT2D eigenvalue weighted by Gasteiger charge is -2.38. The van der Waals surface area contributed by atoms with E-state index in [0.29, 0.717) is 13.2 Å². The van der Waals surface area contributed by atoms with Gasteiger partial charge in [0, 0.05) is 0 Å². The Morgan fingerprint density at radius 2 is 2.15 bits per heavy atom. The molecule has 0 bridgehead atoms. The Morgan fingerprint density at radius 3 is 2.90 bits per heavy atom. The SMILES string of the molecule is CCOC(=O)[C@H]1CCC[C@@H]2OC[C@H](c3ccccc3)N21. The molecule has 0 aromatic heterocycles. The Kier molecular flexibility index (Phi) is 4.03. The van der Waals surface area contributed by atoms with Crippen molar-refractivity contribution in [2.24, 2.45) is 0 Å². The molecule has 2 fully saturated rings. The second kappa shape index (κ2) is 5.94. The van der Waals surface area contributed by atoms with Crippen LogP contribution >= 0.6 is 0 Å². The quantitative estimate of drug-likeness (QED) is 0.795. The summed E-state index contributed by atoms with van der Waals surface area (Å²) in [6, 6.07) is 10.3. The number of nitrogens with zero attached hydrogens (tertiary/aromatic N) is 1. The molecule has 108 valence electrons. The summed E-state index contributed by atoms with van der Waals surface area (Å²) in [5.74, 6) is -0.108. The van der Waals surface area contributed by atoms with Crippen LogP contribution in [-0.4, -0.2) is 36.4 Å². The van der Waals surface area contributed by atoms with Gasteiger partial charge in [0.1, 0.15) is 12.3 Å². The number of piperidine rings is 1. The fourth-order valence-electron chi connectivity index (χ4n) is 3.28. The van der Waals surface area contributed by atoms with Gasteiger partial charge in [0.2, 0.25) is 0 Å². The number of benzene rings is 1. The number of hydrogen-bond donors (Lipinski definition) is 0. The standard InChI is InChI=1S/C16H21NO3/c1-2-19-16(18)13-9-6-10-15-17(13)14(11-20-15)12-7-4-3-5-8-12/h3-5,7-8,13-15H,2,6,9-11H2,1H3/t13-,14-,15+/m1/s1. The van der Waals surface area contributed by atoms with Crippen molar-refractivity contribution in [3.8, 4) is 0 Å². The normalized spacial score (nSPS) is 29.9. The number of ether oxygens (including phenoxy) is 2. The molecule has 0 N–H and O–H groups in total. The van der Waals surface area contributed by atoms with Crippen molar-refractivity contribution < 1.29 is 14.3 Å². The summed E-state index contributed by atoms with van der Waals surface area (Å²) in [5, 5.41) is 0. The molecule has 2 heterocycles. The molecule has 0 amide bonds. The Labute approximate surface area is 119 Å². The molecule has 20 heavy (non-hydrogen) atoms. The first-order valence-electron chi connectivity index (χ1n) is 7.42. The summed E-state index contributed by atoms with van der Waals surface area (Å²) in [5.41, 5.74) is 1.21. The van der Waals surface area contributed by atoms with E-state index in [0.717, 1.165) is 19.3 Å². The molecule has 2 aliphatic heterocycles. The smallest absolute Gasteiger partial charge is 0.323 e. The Bertz CT molecular complexity index is 462. The van der Waals surface area contributed by atoms with Gasteiger partial charge in [-0.25, -0.2) is 0 Å². The molecule has 1 aromatic carbocycles. The molecular weight excluding hydrogens is 254 g/mol.